The molecule has 0 spiro atoms. The molecule has 2 aromatic rings. The Bertz CT molecular complexity index is 477. The summed E-state index contributed by atoms with van der Waals surface area (Å²) >= 11 is 0. The number of rotatable bonds is 1. The lowest BCUT2D eigenvalue weighted by Crippen LogP contribution is -2.22. The van der Waals surface area contributed by atoms with Crippen LogP contribution in [0.5, 0.6) is 0 Å². The average molecular weight is 179 g/mol. The molecule has 0 bridgehead atoms. The topological polar surface area (TPSA) is 85.9 Å². The third-order valence-electron chi connectivity index (χ3n) is 1.77. The minimum atomic E-state index is -0.535. The standard InChI is InChI=1S/C7H5N3O3/c11-9-4-8-6-2-1-5(10(12)13)3-7(6)9/h1-4,8H. The summed E-state index contributed by atoms with van der Waals surface area (Å²) in [6.07, 6.45) is 1.20. The third kappa shape index (κ3) is 1.08. The van der Waals surface area contributed by atoms with Gasteiger partial charge in [0.05, 0.1) is 11.0 Å². The van der Waals surface area contributed by atoms with Crippen LogP contribution in [0.2, 0.25) is 0 Å². The van der Waals surface area contributed by atoms with Crippen LogP contribution in [0, 0.1) is 15.3 Å². The van der Waals surface area contributed by atoms with Gasteiger partial charge in [-0.2, -0.15) is 0 Å². The lowest BCUT2D eigenvalue weighted by Gasteiger charge is -1.95. The zero-order valence-corrected chi connectivity index (χ0v) is 6.43. The highest BCUT2D eigenvalue weighted by Gasteiger charge is 2.11. The van der Waals surface area contributed by atoms with E-state index in [0.717, 1.165) is 0 Å². The monoisotopic (exact) mass is 179 g/mol. The van der Waals surface area contributed by atoms with Gasteiger partial charge in [0.15, 0.2) is 11.0 Å². The van der Waals surface area contributed by atoms with Gasteiger partial charge in [-0.25, -0.2) is 9.71 Å². The van der Waals surface area contributed by atoms with Crippen LogP contribution < -0.4 is 4.73 Å². The van der Waals surface area contributed by atoms with E-state index in [2.05, 4.69) is 4.98 Å². The normalized spacial score (nSPS) is 10.5. The number of nitrogens with one attached hydrogen (secondary N) is 1. The Morgan fingerprint density at radius 1 is 1.46 bits per heavy atom. The second-order valence-electron chi connectivity index (χ2n) is 2.56. The first kappa shape index (κ1) is 7.53. The maximum Gasteiger partial charge on any atom is 0.274 e. The zero-order valence-electron chi connectivity index (χ0n) is 6.43. The van der Waals surface area contributed by atoms with Crippen LogP contribution in [0.1, 0.15) is 0 Å². The molecule has 6 nitrogen and oxygen atoms in total. The maximum atomic E-state index is 11.0. The maximum absolute atomic E-state index is 11.0. The molecule has 2 rings (SSSR count). The number of hydrogen-bond acceptors (Lipinski definition) is 3. The van der Waals surface area contributed by atoms with Gasteiger partial charge >= 0.3 is 0 Å². The molecule has 0 radical (unpaired) electrons. The number of hydrogen-bond donors (Lipinski definition) is 1. The summed E-state index contributed by atoms with van der Waals surface area (Å²) in [7, 11) is 0. The molecule has 0 amide bonds. The van der Waals surface area contributed by atoms with E-state index < -0.39 is 4.92 Å². The fraction of sp³-hybridized carbons (Fsp3) is 0. The van der Waals surface area contributed by atoms with Gasteiger partial charge in [0.25, 0.3) is 5.69 Å². The van der Waals surface area contributed by atoms with Gasteiger partial charge in [-0.15, -0.1) is 0 Å². The Morgan fingerprint density at radius 3 is 2.92 bits per heavy atom. The summed E-state index contributed by atoms with van der Waals surface area (Å²) in [5, 5.41) is 21.4. The fourth-order valence-electron chi connectivity index (χ4n) is 1.14. The second-order valence-corrected chi connectivity index (χ2v) is 2.56. The zero-order chi connectivity index (χ0) is 9.42. The number of nitro benzene ring substituents is 1. The van der Waals surface area contributed by atoms with Crippen molar-refractivity contribution >= 4 is 16.7 Å². The molecule has 1 N–H and O–H groups in total. The number of nitrogens with zero attached hydrogens (tertiary/aromatic N) is 2. The van der Waals surface area contributed by atoms with Crippen LogP contribution in [0.4, 0.5) is 5.69 Å². The molecule has 66 valence electrons. The van der Waals surface area contributed by atoms with Crippen molar-refractivity contribution in [2.75, 3.05) is 0 Å². The molecule has 0 aliphatic carbocycles. The molecule has 1 aromatic heterocycles. The van der Waals surface area contributed by atoms with Crippen LogP contribution >= 0.6 is 0 Å². The second kappa shape index (κ2) is 2.44. The number of aromatic nitrogens is 2. The van der Waals surface area contributed by atoms with Crippen LogP contribution in [0.25, 0.3) is 11.0 Å². The number of benzene rings is 1. The number of non-ortho nitro benzene ring substituents is 1. The number of nitro groups is 1. The predicted octanol–water partition coefficient (Wildman–Crippen LogP) is 0.709. The number of H-pyrrole nitrogens is 1. The molecule has 0 unspecified atom stereocenters. The Hall–Kier alpha value is -2.11. The summed E-state index contributed by atoms with van der Waals surface area (Å²) < 4.78 is 0.558. The van der Waals surface area contributed by atoms with E-state index in [0.29, 0.717) is 10.2 Å². The van der Waals surface area contributed by atoms with Gasteiger partial charge in [-0.05, 0) is 6.07 Å². The molecule has 13 heavy (non-hydrogen) atoms. The largest absolute Gasteiger partial charge is 0.710 e. The van der Waals surface area contributed by atoms with Crippen LogP contribution in [-0.4, -0.2) is 9.91 Å². The molecular formula is C7H5N3O3. The number of fused-ring (bicyclic) bond motifs is 1. The molecular weight excluding hydrogens is 174 g/mol. The van der Waals surface area contributed by atoms with E-state index in [1.165, 1.54) is 24.5 Å². The Kier molecular flexibility index (Phi) is 1.42. The van der Waals surface area contributed by atoms with Crippen molar-refractivity contribution in [1.29, 1.82) is 0 Å². The average Bonchev–Trinajstić information content (AvgIpc) is 2.47. The summed E-state index contributed by atoms with van der Waals surface area (Å²) in [6, 6.07) is 4.08. The highest BCUT2D eigenvalue weighted by molar-refractivity contribution is 5.73. The third-order valence-corrected chi connectivity index (χ3v) is 1.77. The van der Waals surface area contributed by atoms with E-state index in [4.69, 9.17) is 0 Å². The lowest BCUT2D eigenvalue weighted by molar-refractivity contribution is -0.576. The number of imidazole rings is 1. The summed E-state index contributed by atoms with van der Waals surface area (Å²) in [4.78, 5) is 12.5. The molecule has 1 aromatic carbocycles. The quantitative estimate of drug-likeness (QED) is 0.302. The van der Waals surface area contributed by atoms with Crippen molar-refractivity contribution in [3.8, 4) is 0 Å². The van der Waals surface area contributed by atoms with E-state index in [1.54, 1.807) is 0 Å². The summed E-state index contributed by atoms with van der Waals surface area (Å²) in [5.74, 6) is 0. The van der Waals surface area contributed by atoms with Gasteiger partial charge in [-0.3, -0.25) is 10.1 Å². The first-order valence-electron chi connectivity index (χ1n) is 3.53. The Morgan fingerprint density at radius 2 is 2.23 bits per heavy atom. The summed E-state index contributed by atoms with van der Waals surface area (Å²) in [6.45, 7) is 0. The van der Waals surface area contributed by atoms with Gasteiger partial charge in [0.2, 0.25) is 6.33 Å². The molecule has 0 atom stereocenters. The molecule has 0 saturated heterocycles. The lowest BCUT2D eigenvalue weighted by atomic mass is 10.3. The van der Waals surface area contributed by atoms with Crippen molar-refractivity contribution in [2.24, 2.45) is 0 Å². The Balaban J connectivity index is 2.72. The van der Waals surface area contributed by atoms with Crippen molar-refractivity contribution in [2.45, 2.75) is 0 Å². The number of aromatic amines is 1. The fourth-order valence-corrected chi connectivity index (χ4v) is 1.14. The molecule has 0 aliphatic rings. The van der Waals surface area contributed by atoms with Crippen LogP contribution in [0.15, 0.2) is 24.5 Å². The van der Waals surface area contributed by atoms with Crippen LogP contribution in [-0.2, 0) is 0 Å². The van der Waals surface area contributed by atoms with Gasteiger partial charge in [0, 0.05) is 6.07 Å². The smallest absolute Gasteiger partial charge is 0.274 e. The minimum Gasteiger partial charge on any atom is -0.710 e. The van der Waals surface area contributed by atoms with Crippen molar-refractivity contribution < 1.29 is 9.65 Å². The first-order chi connectivity index (χ1) is 6.18. The minimum absolute atomic E-state index is 0.0864. The van der Waals surface area contributed by atoms with E-state index in [-0.39, 0.29) is 11.2 Å². The predicted molar refractivity (Wildman–Crippen MR) is 43.9 cm³/mol. The molecule has 0 saturated carbocycles. The first-order valence-corrected chi connectivity index (χ1v) is 3.53. The van der Waals surface area contributed by atoms with Crippen molar-refractivity contribution in [3.05, 3.63) is 39.8 Å². The van der Waals surface area contributed by atoms with Crippen molar-refractivity contribution in [3.63, 3.8) is 0 Å². The van der Waals surface area contributed by atoms with E-state index in [9.17, 15) is 15.3 Å². The van der Waals surface area contributed by atoms with E-state index >= 15 is 0 Å². The van der Waals surface area contributed by atoms with Gasteiger partial charge in [-0.1, -0.05) is 0 Å². The highest BCUT2D eigenvalue weighted by atomic mass is 16.6. The van der Waals surface area contributed by atoms with Gasteiger partial charge < -0.3 is 5.21 Å². The van der Waals surface area contributed by atoms with Crippen LogP contribution in [0.3, 0.4) is 0 Å². The molecule has 6 heteroatoms. The summed E-state index contributed by atoms with van der Waals surface area (Å²) in [5.41, 5.74) is 0.770. The highest BCUT2D eigenvalue weighted by Crippen LogP contribution is 2.16. The molecule has 1 heterocycles. The molecule has 0 fully saturated rings. The van der Waals surface area contributed by atoms with Gasteiger partial charge in [0.1, 0.15) is 0 Å². The molecule has 0 aliphatic heterocycles. The Labute approximate surface area is 72.2 Å². The SMILES string of the molecule is O=[N+]([O-])c1ccc2[nH]c[n+]([O-])c2c1. The van der Waals surface area contributed by atoms with Crippen molar-refractivity contribution in [1.82, 2.24) is 4.98 Å². The van der Waals surface area contributed by atoms with E-state index in [1.807, 2.05) is 0 Å².